The number of methoxy groups -OCH3 is 1. The van der Waals surface area contributed by atoms with Gasteiger partial charge >= 0.3 is 12.1 Å². The summed E-state index contributed by atoms with van der Waals surface area (Å²) in [5.74, 6) is -0.670. The summed E-state index contributed by atoms with van der Waals surface area (Å²) < 4.78 is 9.77. The number of nitrogens with one attached hydrogen (secondary N) is 2. The van der Waals surface area contributed by atoms with Crippen LogP contribution in [0.1, 0.15) is 31.3 Å². The van der Waals surface area contributed by atoms with Gasteiger partial charge in [-0.05, 0) is 26.8 Å². The molecule has 130 valence electrons. The van der Waals surface area contributed by atoms with E-state index < -0.39 is 29.6 Å². The topological polar surface area (TPSA) is 107 Å². The minimum atomic E-state index is -0.765. The summed E-state index contributed by atoms with van der Waals surface area (Å²) in [5, 5.41) is 5.22. The molecule has 1 aliphatic rings. The van der Waals surface area contributed by atoms with Crippen molar-refractivity contribution in [1.29, 1.82) is 0 Å². The lowest BCUT2D eigenvalue weighted by atomic mass is 10.2. The fraction of sp³-hybridized carbons (Fsp3) is 0.467. The number of amides is 2. The first-order valence-electron chi connectivity index (χ1n) is 7.21. The molecule has 2 rings (SSSR count). The van der Waals surface area contributed by atoms with Crippen molar-refractivity contribution < 1.29 is 23.9 Å². The van der Waals surface area contributed by atoms with Crippen LogP contribution in [-0.2, 0) is 14.3 Å². The lowest BCUT2D eigenvalue weighted by Crippen LogP contribution is -2.46. The van der Waals surface area contributed by atoms with Crippen LogP contribution in [0.4, 0.5) is 10.5 Å². The zero-order valence-electron chi connectivity index (χ0n) is 13.8. The van der Waals surface area contributed by atoms with E-state index in [1.165, 1.54) is 31.1 Å². The van der Waals surface area contributed by atoms with E-state index in [9.17, 15) is 14.4 Å². The molecule has 0 aliphatic carbocycles. The highest BCUT2D eigenvalue weighted by atomic mass is 32.2. The molecule has 8 nitrogen and oxygen atoms in total. The summed E-state index contributed by atoms with van der Waals surface area (Å²) in [6.07, 6.45) is 0.824. The maximum absolute atomic E-state index is 12.3. The van der Waals surface area contributed by atoms with Gasteiger partial charge in [0.15, 0.2) is 0 Å². The van der Waals surface area contributed by atoms with Crippen molar-refractivity contribution in [3.8, 4) is 0 Å². The smallest absolute Gasteiger partial charge is 0.408 e. The van der Waals surface area contributed by atoms with E-state index >= 15 is 0 Å². The normalized spacial score (nSPS) is 17.2. The minimum absolute atomic E-state index is 0.0932. The van der Waals surface area contributed by atoms with Gasteiger partial charge in [0, 0.05) is 16.8 Å². The van der Waals surface area contributed by atoms with Gasteiger partial charge in [0.25, 0.3) is 0 Å². The Morgan fingerprint density at radius 3 is 2.75 bits per heavy atom. The monoisotopic (exact) mass is 353 g/mol. The summed E-state index contributed by atoms with van der Waals surface area (Å²) in [4.78, 5) is 40.4. The Balaban J connectivity index is 2.11. The Labute approximate surface area is 143 Å². The third kappa shape index (κ3) is 4.60. The van der Waals surface area contributed by atoms with Crippen molar-refractivity contribution >= 4 is 35.4 Å². The van der Waals surface area contributed by atoms with Crippen molar-refractivity contribution in [2.45, 2.75) is 37.3 Å². The molecule has 1 aromatic heterocycles. The van der Waals surface area contributed by atoms with Gasteiger partial charge < -0.3 is 20.1 Å². The van der Waals surface area contributed by atoms with Gasteiger partial charge in [0.05, 0.1) is 12.8 Å². The summed E-state index contributed by atoms with van der Waals surface area (Å²) in [6.45, 7) is 5.22. The third-order valence-corrected chi connectivity index (χ3v) is 4.07. The predicted octanol–water partition coefficient (Wildman–Crippen LogP) is 1.81. The van der Waals surface area contributed by atoms with Crippen molar-refractivity contribution in [2.75, 3.05) is 18.2 Å². The van der Waals surface area contributed by atoms with Crippen LogP contribution in [0.15, 0.2) is 17.2 Å². The number of hydrogen-bond donors (Lipinski definition) is 2. The quantitative estimate of drug-likeness (QED) is 0.781. The molecule has 0 saturated heterocycles. The Morgan fingerprint density at radius 2 is 2.12 bits per heavy atom. The van der Waals surface area contributed by atoms with Gasteiger partial charge in [-0.15, -0.1) is 11.8 Å². The molecule has 24 heavy (non-hydrogen) atoms. The summed E-state index contributed by atoms with van der Waals surface area (Å²) in [6, 6.07) is 0.681. The molecule has 2 N–H and O–H groups in total. The highest BCUT2D eigenvalue weighted by molar-refractivity contribution is 7.99. The molecule has 2 heterocycles. The van der Waals surface area contributed by atoms with Gasteiger partial charge in [-0.25, -0.2) is 14.6 Å². The zero-order chi connectivity index (χ0) is 17.9. The molecule has 0 unspecified atom stereocenters. The number of fused-ring (bicyclic) bond motifs is 1. The second-order valence-electron chi connectivity index (χ2n) is 6.06. The number of alkyl carbamates (subject to hydrolysis) is 1. The third-order valence-electron chi connectivity index (χ3n) is 2.93. The maximum Gasteiger partial charge on any atom is 0.408 e. The second-order valence-corrected chi connectivity index (χ2v) is 7.12. The van der Waals surface area contributed by atoms with E-state index in [0.717, 1.165) is 0 Å². The SMILES string of the molecule is COC(=O)c1cc2c(cn1)SC[C@H](NC(=O)OC(C)(C)C)C(=O)N2. The van der Waals surface area contributed by atoms with E-state index in [0.29, 0.717) is 16.3 Å². The number of thioether (sulfide) groups is 1. The van der Waals surface area contributed by atoms with Gasteiger partial charge in [-0.2, -0.15) is 0 Å². The molecule has 0 radical (unpaired) electrons. The molecule has 2 amide bonds. The van der Waals surface area contributed by atoms with E-state index in [1.807, 2.05) is 0 Å². The number of carbonyl (C=O) groups is 3. The number of aromatic nitrogens is 1. The Morgan fingerprint density at radius 1 is 1.42 bits per heavy atom. The largest absolute Gasteiger partial charge is 0.464 e. The average molecular weight is 353 g/mol. The molecule has 0 saturated carbocycles. The van der Waals surface area contributed by atoms with Crippen LogP contribution in [0.5, 0.6) is 0 Å². The number of rotatable bonds is 2. The number of esters is 1. The van der Waals surface area contributed by atoms with Crippen LogP contribution in [0.25, 0.3) is 0 Å². The van der Waals surface area contributed by atoms with Crippen LogP contribution >= 0.6 is 11.8 Å². The number of hydrogen-bond acceptors (Lipinski definition) is 7. The first kappa shape index (κ1) is 18.1. The molecule has 1 aliphatic heterocycles. The fourth-order valence-electron chi connectivity index (χ4n) is 1.90. The van der Waals surface area contributed by atoms with E-state index in [-0.39, 0.29) is 5.69 Å². The first-order valence-corrected chi connectivity index (χ1v) is 8.19. The van der Waals surface area contributed by atoms with Crippen LogP contribution in [0, 0.1) is 0 Å². The van der Waals surface area contributed by atoms with E-state index in [2.05, 4.69) is 20.4 Å². The molecule has 1 atom stereocenters. The average Bonchev–Trinajstić information content (AvgIpc) is 2.63. The van der Waals surface area contributed by atoms with Gasteiger partial charge in [-0.1, -0.05) is 0 Å². The van der Waals surface area contributed by atoms with Crippen LogP contribution in [-0.4, -0.2) is 47.5 Å². The molecule has 0 fully saturated rings. The van der Waals surface area contributed by atoms with Crippen molar-refractivity contribution in [1.82, 2.24) is 10.3 Å². The Bertz CT molecular complexity index is 672. The Hall–Kier alpha value is -2.29. The van der Waals surface area contributed by atoms with Crippen LogP contribution in [0.3, 0.4) is 0 Å². The number of ether oxygens (including phenoxy) is 2. The Kier molecular flexibility index (Phi) is 5.33. The number of carbonyl (C=O) groups excluding carboxylic acids is 3. The van der Waals surface area contributed by atoms with E-state index in [4.69, 9.17) is 4.74 Å². The lowest BCUT2D eigenvalue weighted by molar-refractivity contribution is -0.117. The maximum atomic E-state index is 12.3. The second kappa shape index (κ2) is 7.08. The first-order chi connectivity index (χ1) is 11.2. The van der Waals surface area contributed by atoms with E-state index in [1.54, 1.807) is 20.8 Å². The minimum Gasteiger partial charge on any atom is -0.464 e. The number of nitrogens with zero attached hydrogens (tertiary/aromatic N) is 1. The number of pyridine rings is 1. The van der Waals surface area contributed by atoms with Gasteiger partial charge in [-0.3, -0.25) is 4.79 Å². The van der Waals surface area contributed by atoms with Crippen LogP contribution in [0.2, 0.25) is 0 Å². The zero-order valence-corrected chi connectivity index (χ0v) is 14.7. The molecule has 0 aromatic carbocycles. The molecular formula is C15H19N3O5S. The standard InChI is InChI=1S/C15H19N3O5S/c1-15(2,3)23-14(21)18-10-7-24-11-6-16-9(13(20)22-4)5-8(11)17-12(10)19/h5-6,10H,7H2,1-4H3,(H,17,19)(H,18,21)/t10-/m0/s1. The summed E-state index contributed by atoms with van der Waals surface area (Å²) in [5.41, 5.74) is -0.106. The van der Waals surface area contributed by atoms with Gasteiger partial charge in [0.2, 0.25) is 5.91 Å². The molecule has 0 bridgehead atoms. The predicted molar refractivity (Wildman–Crippen MR) is 88.1 cm³/mol. The summed E-state index contributed by atoms with van der Waals surface area (Å²) in [7, 11) is 1.25. The van der Waals surface area contributed by atoms with Crippen molar-refractivity contribution in [2.24, 2.45) is 0 Å². The molecule has 1 aromatic rings. The number of anilines is 1. The van der Waals surface area contributed by atoms with Gasteiger partial charge in [0.1, 0.15) is 17.3 Å². The fourth-order valence-corrected chi connectivity index (χ4v) is 2.87. The highest BCUT2D eigenvalue weighted by Crippen LogP contribution is 2.30. The summed E-state index contributed by atoms with van der Waals surface area (Å²) >= 11 is 1.34. The van der Waals surface area contributed by atoms with Crippen molar-refractivity contribution in [3.63, 3.8) is 0 Å². The lowest BCUT2D eigenvalue weighted by Gasteiger charge is -2.22. The highest BCUT2D eigenvalue weighted by Gasteiger charge is 2.28. The molecule has 0 spiro atoms. The molecular weight excluding hydrogens is 334 g/mol. The molecule has 9 heteroatoms. The van der Waals surface area contributed by atoms with Crippen molar-refractivity contribution in [3.05, 3.63) is 18.0 Å². The van der Waals surface area contributed by atoms with Crippen LogP contribution < -0.4 is 10.6 Å².